The van der Waals surface area contributed by atoms with Crippen molar-refractivity contribution in [3.63, 3.8) is 0 Å². The zero-order chi connectivity index (χ0) is 8.85. The summed E-state index contributed by atoms with van der Waals surface area (Å²) in [6, 6.07) is 0. The monoisotopic (exact) mass is 401 g/mol. The molecule has 73 valence electrons. The smallest absolute Gasteiger partial charge is 0 e. The molecule has 0 aliphatic heterocycles. The van der Waals surface area contributed by atoms with Crippen LogP contribution in [0.3, 0.4) is 0 Å². The predicted octanol–water partition coefficient (Wildman–Crippen LogP) is 3.52. The molecule has 0 fully saturated rings. The Hall–Kier alpha value is -1.78. The van der Waals surface area contributed by atoms with Crippen molar-refractivity contribution in [3.05, 3.63) is 36.0 Å². The largest absolute Gasteiger partial charge is 0.194 e. The molecule has 1 radical (unpaired) electrons. The molecular formula is C11H17Es-. The first-order valence-electron chi connectivity index (χ1n) is 3.97. The molecule has 0 aliphatic carbocycles. The first kappa shape index (κ1) is 12.9. The number of hydrogen-bond donors (Lipinski definition) is 0. The van der Waals surface area contributed by atoms with E-state index in [0.29, 0.717) is 5.92 Å². The molecule has 0 nitrogen and oxygen atoms in total. The third-order valence-electron chi connectivity index (χ3n) is 1.33. The molecule has 0 saturated carbocycles. The summed E-state index contributed by atoms with van der Waals surface area (Å²) in [5.41, 5.74) is 2.53. The second-order valence-electron chi connectivity index (χ2n) is 3.18. The molecule has 0 unspecified atom stereocenters. The summed E-state index contributed by atoms with van der Waals surface area (Å²) >= 11 is 0. The third-order valence-corrected chi connectivity index (χ3v) is 1.33. The Kier molecular flexibility index (Phi) is 6.39. The molecule has 1 heteroatoms. The SMILES string of the molecule is C=C[C-]=C(C=C(C)C)C(C)C.[Es]. The van der Waals surface area contributed by atoms with Gasteiger partial charge in [-0.3, -0.25) is 0 Å². The van der Waals surface area contributed by atoms with Crippen LogP contribution in [-0.2, 0) is 0 Å². The van der Waals surface area contributed by atoms with Gasteiger partial charge in [0.1, 0.15) is 0 Å². The van der Waals surface area contributed by atoms with Gasteiger partial charge in [0.15, 0.2) is 0 Å². The Morgan fingerprint density at radius 3 is 2.08 bits per heavy atom. The molecule has 12 heavy (non-hydrogen) atoms. The van der Waals surface area contributed by atoms with Crippen molar-refractivity contribution in [2.24, 2.45) is 5.92 Å². The van der Waals surface area contributed by atoms with E-state index in [2.05, 4.69) is 46.4 Å². The Bertz CT molecular complexity index is 181. The normalized spacial score (nSPS) is 10.6. The summed E-state index contributed by atoms with van der Waals surface area (Å²) in [7, 11) is 0. The summed E-state index contributed by atoms with van der Waals surface area (Å²) in [5, 5.41) is 0. The van der Waals surface area contributed by atoms with Crippen molar-refractivity contribution in [2.45, 2.75) is 27.7 Å². The molecule has 0 heterocycles. The Labute approximate surface area is 70.3 Å². The van der Waals surface area contributed by atoms with Crippen molar-refractivity contribution in [3.8, 4) is 0 Å². The van der Waals surface area contributed by atoms with Crippen LogP contribution in [-0.4, -0.2) is 0 Å². The molecule has 0 saturated heterocycles. The van der Waals surface area contributed by atoms with E-state index in [9.17, 15) is 0 Å². The second-order valence-corrected chi connectivity index (χ2v) is 3.18. The van der Waals surface area contributed by atoms with Crippen molar-refractivity contribution in [2.75, 3.05) is 0 Å². The van der Waals surface area contributed by atoms with Crippen LogP contribution in [0.15, 0.2) is 29.9 Å². The van der Waals surface area contributed by atoms with Gasteiger partial charge in [-0.25, -0.2) is 0 Å². The summed E-state index contributed by atoms with van der Waals surface area (Å²) in [5.74, 6) is 0.530. The van der Waals surface area contributed by atoms with Gasteiger partial charge in [-0.15, -0.1) is 5.57 Å². The van der Waals surface area contributed by atoms with Crippen LogP contribution in [0.4, 0.5) is 0 Å². The first-order valence-corrected chi connectivity index (χ1v) is 3.97. The van der Waals surface area contributed by atoms with Gasteiger partial charge in [0, 0.05) is 0 Å². The standard InChI is InChI=1S/C11H17.Es/c1-6-7-11(10(4)5)8-9(2)3;/h6,8,10H,1H2,2-5H3;/q-1;. The molecule has 0 amide bonds. The predicted molar refractivity (Wildman–Crippen MR) is 51.2 cm³/mol. The van der Waals surface area contributed by atoms with Crippen molar-refractivity contribution in [1.29, 1.82) is 0 Å². The van der Waals surface area contributed by atoms with E-state index in [1.165, 1.54) is 11.1 Å². The van der Waals surface area contributed by atoms with E-state index in [4.69, 9.17) is 0 Å². The summed E-state index contributed by atoms with van der Waals surface area (Å²) in [6.07, 6.45) is 6.98. The van der Waals surface area contributed by atoms with Gasteiger partial charge in [-0.05, 0) is 5.92 Å². The van der Waals surface area contributed by atoms with Crippen molar-refractivity contribution in [1.82, 2.24) is 0 Å². The first-order chi connectivity index (χ1) is 5.07. The Morgan fingerprint density at radius 2 is 1.83 bits per heavy atom. The van der Waals surface area contributed by atoms with E-state index < -0.39 is 0 Å². The molecule has 0 atom stereocenters. The van der Waals surface area contributed by atoms with E-state index in [1.54, 1.807) is 6.08 Å². The van der Waals surface area contributed by atoms with Gasteiger partial charge < -0.3 is 0 Å². The Balaban J connectivity index is 0. The van der Waals surface area contributed by atoms with Crippen LogP contribution in [0.25, 0.3) is 0 Å². The molecule has 0 rings (SSSR count). The molecule has 0 N–H and O–H groups in total. The van der Waals surface area contributed by atoms with Crippen LogP contribution in [0.2, 0.25) is 0 Å². The molecule has 0 bridgehead atoms. The van der Waals surface area contributed by atoms with Crippen LogP contribution in [0, 0.1) is 12.0 Å². The van der Waals surface area contributed by atoms with Crippen LogP contribution >= 0.6 is 0 Å². The maximum atomic E-state index is 3.63. The summed E-state index contributed by atoms with van der Waals surface area (Å²) < 4.78 is 0. The molecule has 0 spiro atoms. The fraction of sp³-hybridized carbons (Fsp3) is 0.455. The van der Waals surface area contributed by atoms with Crippen molar-refractivity contribution < 1.29 is 0 Å². The molecule has 0 aliphatic rings. The van der Waals surface area contributed by atoms with E-state index in [-0.39, 0.29) is 0 Å². The van der Waals surface area contributed by atoms with Crippen LogP contribution < -0.4 is 0 Å². The third kappa shape index (κ3) is 5.04. The zero-order valence-electron chi connectivity index (χ0n) is 8.24. The fourth-order valence-corrected chi connectivity index (χ4v) is 0.804. The summed E-state index contributed by atoms with van der Waals surface area (Å²) in [4.78, 5) is 0. The zero-order valence-corrected chi connectivity index (χ0v) is 10.8. The van der Waals surface area contributed by atoms with Gasteiger partial charge in [0.25, 0.3) is 0 Å². The van der Waals surface area contributed by atoms with Gasteiger partial charge in [-0.1, -0.05) is 27.7 Å². The topological polar surface area (TPSA) is 0 Å². The second kappa shape index (κ2) is 5.96. The summed E-state index contributed by atoms with van der Waals surface area (Å²) in [6.45, 7) is 12.1. The maximum absolute atomic E-state index is 3.63. The van der Waals surface area contributed by atoms with E-state index in [1.807, 2.05) is 0 Å². The fourth-order valence-electron chi connectivity index (χ4n) is 0.804. The number of rotatable bonds is 3. The minimum atomic E-state index is 0. The van der Waals surface area contributed by atoms with Crippen molar-refractivity contribution >= 4 is 0 Å². The van der Waals surface area contributed by atoms with Gasteiger partial charge in [-0.2, -0.15) is 30.4 Å². The van der Waals surface area contributed by atoms with E-state index >= 15 is 0 Å². The quantitative estimate of drug-likeness (QED) is 0.502. The van der Waals surface area contributed by atoms with Gasteiger partial charge >= 0.3 is 0 Å². The van der Waals surface area contributed by atoms with E-state index in [0.717, 1.165) is 0 Å². The molecule has 0 aromatic heterocycles. The molecule has 0 aromatic carbocycles. The van der Waals surface area contributed by atoms with Crippen LogP contribution in [0.5, 0.6) is 0 Å². The average molecular weight is 401 g/mol. The minimum absolute atomic E-state index is 0. The number of allylic oxidation sites excluding steroid dienone is 5. The average Bonchev–Trinajstić information content (AvgIpc) is 1.86. The van der Waals surface area contributed by atoms with Gasteiger partial charge in [0.05, 0.1) is 0 Å². The maximum Gasteiger partial charge on any atom is 0 e. The molecule has 0 aromatic rings. The molecular weight excluding hydrogens is 384 g/mol. The van der Waals surface area contributed by atoms with Gasteiger partial charge in [0.2, 0.25) is 0 Å². The minimum Gasteiger partial charge on any atom is -0.194 e. The Morgan fingerprint density at radius 1 is 1.33 bits per heavy atom. The van der Waals surface area contributed by atoms with Crippen LogP contribution in [0.1, 0.15) is 27.7 Å². The number of hydrogen-bond acceptors (Lipinski definition) is 0.